The minimum atomic E-state index is -0.236. The van der Waals surface area contributed by atoms with Crippen molar-refractivity contribution in [1.29, 1.82) is 0 Å². The van der Waals surface area contributed by atoms with Gasteiger partial charge in [-0.25, -0.2) is 0 Å². The fourth-order valence-corrected chi connectivity index (χ4v) is 4.77. The van der Waals surface area contributed by atoms with Crippen LogP contribution in [0, 0.1) is 11.8 Å². The van der Waals surface area contributed by atoms with Crippen molar-refractivity contribution in [1.82, 2.24) is 19.7 Å². The molecular formula is C24H27N5O3. The van der Waals surface area contributed by atoms with Crippen molar-refractivity contribution in [3.8, 4) is 11.5 Å². The van der Waals surface area contributed by atoms with Crippen LogP contribution in [0.3, 0.4) is 0 Å². The Morgan fingerprint density at radius 1 is 0.938 bits per heavy atom. The highest BCUT2D eigenvalue weighted by molar-refractivity contribution is 6.01. The van der Waals surface area contributed by atoms with Crippen molar-refractivity contribution in [3.05, 3.63) is 65.7 Å². The molecular weight excluding hydrogens is 406 g/mol. The first kappa shape index (κ1) is 20.5. The van der Waals surface area contributed by atoms with Crippen LogP contribution in [-0.4, -0.2) is 52.9 Å². The first-order valence-electron chi connectivity index (χ1n) is 10.9. The molecule has 32 heavy (non-hydrogen) atoms. The standard InChI is InChI=1S/C24H27N5O3/c1-31-20-7-3-16(4-8-20)12-28-13-17-11-22-26-27-23(29(22)15-18(17)14-28)24(30)25-19-5-9-21(32-2)10-6-19/h3-10,17-18H,11-15H2,1-2H3,(H,25,30)/t17-,18-/m1/s1. The Hall–Kier alpha value is -3.39. The zero-order chi connectivity index (χ0) is 22.1. The monoisotopic (exact) mass is 433 g/mol. The Kier molecular flexibility index (Phi) is 5.53. The van der Waals surface area contributed by atoms with Crippen LogP contribution in [-0.2, 0) is 19.5 Å². The summed E-state index contributed by atoms with van der Waals surface area (Å²) in [6, 6.07) is 15.5. The van der Waals surface area contributed by atoms with E-state index in [2.05, 4.69) is 32.5 Å². The number of ether oxygens (including phenoxy) is 2. The highest BCUT2D eigenvalue weighted by Gasteiger charge is 2.39. The van der Waals surface area contributed by atoms with Gasteiger partial charge in [-0.3, -0.25) is 9.69 Å². The van der Waals surface area contributed by atoms with Gasteiger partial charge in [0.15, 0.2) is 0 Å². The van der Waals surface area contributed by atoms with Crippen LogP contribution in [0.1, 0.15) is 22.0 Å². The van der Waals surface area contributed by atoms with Crippen molar-refractivity contribution < 1.29 is 14.3 Å². The summed E-state index contributed by atoms with van der Waals surface area (Å²) in [5, 5.41) is 11.5. The van der Waals surface area contributed by atoms with Gasteiger partial charge in [0.05, 0.1) is 14.2 Å². The van der Waals surface area contributed by atoms with Gasteiger partial charge < -0.3 is 19.4 Å². The van der Waals surface area contributed by atoms with Crippen LogP contribution in [0.25, 0.3) is 0 Å². The number of nitrogens with one attached hydrogen (secondary N) is 1. The molecule has 2 atom stereocenters. The average molecular weight is 434 g/mol. The number of amides is 1. The number of hydrogen-bond donors (Lipinski definition) is 1. The normalized spacial score (nSPS) is 19.8. The van der Waals surface area contributed by atoms with E-state index in [0.29, 0.717) is 23.3 Å². The summed E-state index contributed by atoms with van der Waals surface area (Å²) < 4.78 is 12.4. The number of fused-ring (bicyclic) bond motifs is 2. The number of anilines is 1. The molecule has 8 heteroatoms. The molecule has 1 aromatic heterocycles. The number of rotatable bonds is 6. The topological polar surface area (TPSA) is 81.5 Å². The van der Waals surface area contributed by atoms with Gasteiger partial charge in [0, 0.05) is 38.3 Å². The molecule has 3 heterocycles. The Balaban J connectivity index is 1.24. The van der Waals surface area contributed by atoms with E-state index in [1.165, 1.54) is 5.56 Å². The summed E-state index contributed by atoms with van der Waals surface area (Å²) in [6.45, 7) is 3.74. The molecule has 2 aliphatic heterocycles. The Bertz CT molecular complexity index is 1090. The van der Waals surface area contributed by atoms with E-state index in [0.717, 1.165) is 49.9 Å². The van der Waals surface area contributed by atoms with Crippen LogP contribution in [0.2, 0.25) is 0 Å². The van der Waals surface area contributed by atoms with Crippen molar-refractivity contribution in [3.63, 3.8) is 0 Å². The third kappa shape index (κ3) is 4.05. The highest BCUT2D eigenvalue weighted by Crippen LogP contribution is 2.33. The van der Waals surface area contributed by atoms with Crippen LogP contribution < -0.4 is 14.8 Å². The maximum atomic E-state index is 12.9. The molecule has 0 radical (unpaired) electrons. The minimum absolute atomic E-state index is 0.236. The number of benzene rings is 2. The summed E-state index contributed by atoms with van der Waals surface area (Å²) in [5.41, 5.74) is 1.98. The van der Waals surface area contributed by atoms with Gasteiger partial charge in [-0.05, 0) is 53.8 Å². The first-order valence-corrected chi connectivity index (χ1v) is 10.9. The van der Waals surface area contributed by atoms with Crippen LogP contribution in [0.15, 0.2) is 48.5 Å². The summed E-state index contributed by atoms with van der Waals surface area (Å²) in [5.74, 6) is 3.70. The number of carbonyl (C=O) groups is 1. The van der Waals surface area contributed by atoms with Gasteiger partial charge in [0.25, 0.3) is 5.91 Å². The van der Waals surface area contributed by atoms with Crippen molar-refractivity contribution in [2.45, 2.75) is 19.5 Å². The zero-order valence-electron chi connectivity index (χ0n) is 18.3. The molecule has 2 aliphatic rings. The van der Waals surface area contributed by atoms with E-state index in [9.17, 15) is 4.79 Å². The van der Waals surface area contributed by atoms with E-state index in [-0.39, 0.29) is 5.91 Å². The quantitative estimate of drug-likeness (QED) is 0.644. The predicted molar refractivity (Wildman–Crippen MR) is 120 cm³/mol. The maximum absolute atomic E-state index is 12.9. The lowest BCUT2D eigenvalue weighted by atomic mass is 9.89. The number of carbonyl (C=O) groups excluding carboxylic acids is 1. The number of methoxy groups -OCH3 is 2. The zero-order valence-corrected chi connectivity index (χ0v) is 18.3. The summed E-state index contributed by atoms with van der Waals surface area (Å²) >= 11 is 0. The van der Waals surface area contributed by atoms with Gasteiger partial charge >= 0.3 is 0 Å². The Morgan fingerprint density at radius 3 is 2.28 bits per heavy atom. The molecule has 0 unspecified atom stereocenters. The first-order chi connectivity index (χ1) is 15.6. The molecule has 0 bridgehead atoms. The minimum Gasteiger partial charge on any atom is -0.497 e. The molecule has 0 saturated carbocycles. The molecule has 1 N–H and O–H groups in total. The molecule has 0 spiro atoms. The Labute approximate surface area is 187 Å². The summed E-state index contributed by atoms with van der Waals surface area (Å²) in [6.07, 6.45) is 0.854. The number of likely N-dealkylation sites (tertiary alicyclic amines) is 1. The van der Waals surface area contributed by atoms with E-state index in [1.54, 1.807) is 14.2 Å². The smallest absolute Gasteiger partial charge is 0.293 e. The van der Waals surface area contributed by atoms with E-state index in [4.69, 9.17) is 9.47 Å². The fourth-order valence-electron chi connectivity index (χ4n) is 4.77. The average Bonchev–Trinajstić information content (AvgIpc) is 3.41. The van der Waals surface area contributed by atoms with Crippen molar-refractivity contribution in [2.75, 3.05) is 32.6 Å². The van der Waals surface area contributed by atoms with E-state index >= 15 is 0 Å². The van der Waals surface area contributed by atoms with Crippen LogP contribution in [0.5, 0.6) is 11.5 Å². The molecule has 0 aliphatic carbocycles. The third-order valence-electron chi connectivity index (χ3n) is 6.46. The number of aromatic nitrogens is 3. The number of hydrogen-bond acceptors (Lipinski definition) is 6. The molecule has 1 amide bonds. The van der Waals surface area contributed by atoms with Crippen LogP contribution in [0.4, 0.5) is 5.69 Å². The molecule has 1 saturated heterocycles. The second-order valence-corrected chi connectivity index (χ2v) is 8.50. The van der Waals surface area contributed by atoms with Gasteiger partial charge in [0.1, 0.15) is 17.3 Å². The van der Waals surface area contributed by atoms with E-state index < -0.39 is 0 Å². The third-order valence-corrected chi connectivity index (χ3v) is 6.46. The Morgan fingerprint density at radius 2 is 1.59 bits per heavy atom. The van der Waals surface area contributed by atoms with Gasteiger partial charge in [-0.15, -0.1) is 10.2 Å². The molecule has 3 aromatic rings. The SMILES string of the molecule is COc1ccc(CN2C[C@H]3Cc4nnc(C(=O)Nc5ccc(OC)cc5)n4C[C@H]3C2)cc1. The summed E-state index contributed by atoms with van der Waals surface area (Å²) in [7, 11) is 3.30. The van der Waals surface area contributed by atoms with Crippen molar-refractivity contribution in [2.24, 2.45) is 11.8 Å². The fraction of sp³-hybridized carbons (Fsp3) is 0.375. The molecule has 8 nitrogen and oxygen atoms in total. The lowest BCUT2D eigenvalue weighted by Gasteiger charge is -2.25. The van der Waals surface area contributed by atoms with E-state index in [1.807, 2.05) is 41.0 Å². The molecule has 5 rings (SSSR count). The second-order valence-electron chi connectivity index (χ2n) is 8.50. The molecule has 2 aromatic carbocycles. The van der Waals surface area contributed by atoms with Crippen LogP contribution >= 0.6 is 0 Å². The largest absolute Gasteiger partial charge is 0.497 e. The molecule has 166 valence electrons. The van der Waals surface area contributed by atoms with Gasteiger partial charge in [0.2, 0.25) is 5.82 Å². The van der Waals surface area contributed by atoms with Gasteiger partial charge in [-0.1, -0.05) is 12.1 Å². The predicted octanol–water partition coefficient (Wildman–Crippen LogP) is 2.85. The summed E-state index contributed by atoms with van der Waals surface area (Å²) in [4.78, 5) is 15.4. The maximum Gasteiger partial charge on any atom is 0.293 e. The van der Waals surface area contributed by atoms with Gasteiger partial charge in [-0.2, -0.15) is 0 Å². The lowest BCUT2D eigenvalue weighted by Crippen LogP contribution is -2.31. The molecule has 1 fully saturated rings. The highest BCUT2D eigenvalue weighted by atomic mass is 16.5. The number of nitrogens with zero attached hydrogens (tertiary/aromatic N) is 4. The second kappa shape index (κ2) is 8.63. The lowest BCUT2D eigenvalue weighted by molar-refractivity contribution is 0.100. The van der Waals surface area contributed by atoms with Crippen molar-refractivity contribution >= 4 is 11.6 Å².